The summed E-state index contributed by atoms with van der Waals surface area (Å²) >= 11 is 0. The molecule has 1 fully saturated rings. The average Bonchev–Trinajstić information content (AvgIpc) is 3.12. The number of aromatic nitrogens is 3. The quantitative estimate of drug-likeness (QED) is 0.566. The van der Waals surface area contributed by atoms with E-state index in [4.69, 9.17) is 0 Å². The number of fused-ring (bicyclic) bond motifs is 1. The SMILES string of the molecule is O=C(Nc1cccc([N+](=O)[O-])c1)N1CCC[C@@H](c2nnc3ccccn23)C1. The van der Waals surface area contributed by atoms with Gasteiger partial charge in [-0.2, -0.15) is 0 Å². The van der Waals surface area contributed by atoms with Gasteiger partial charge in [-0.05, 0) is 31.0 Å². The van der Waals surface area contributed by atoms with Crippen molar-refractivity contribution >= 4 is 23.1 Å². The highest BCUT2D eigenvalue weighted by atomic mass is 16.6. The van der Waals surface area contributed by atoms with Gasteiger partial charge in [-0.25, -0.2) is 4.79 Å². The van der Waals surface area contributed by atoms with E-state index in [-0.39, 0.29) is 17.6 Å². The summed E-state index contributed by atoms with van der Waals surface area (Å²) in [4.78, 5) is 24.8. The molecule has 0 unspecified atom stereocenters. The van der Waals surface area contributed by atoms with Gasteiger partial charge in [0.15, 0.2) is 5.65 Å². The molecule has 138 valence electrons. The molecule has 0 spiro atoms. The van der Waals surface area contributed by atoms with E-state index < -0.39 is 4.92 Å². The molecule has 0 saturated carbocycles. The van der Waals surface area contributed by atoms with Crippen molar-refractivity contribution in [1.29, 1.82) is 0 Å². The molecule has 1 atom stereocenters. The van der Waals surface area contributed by atoms with E-state index in [0.717, 1.165) is 24.3 Å². The van der Waals surface area contributed by atoms with Crippen LogP contribution in [0, 0.1) is 10.1 Å². The zero-order chi connectivity index (χ0) is 18.8. The molecule has 1 aliphatic rings. The number of nitrogens with zero attached hydrogens (tertiary/aromatic N) is 5. The molecule has 2 aromatic heterocycles. The Hall–Kier alpha value is -3.49. The van der Waals surface area contributed by atoms with Crippen LogP contribution in [0.3, 0.4) is 0 Å². The molecule has 4 rings (SSSR count). The highest BCUT2D eigenvalue weighted by Gasteiger charge is 2.28. The van der Waals surface area contributed by atoms with Crippen LogP contribution in [0.2, 0.25) is 0 Å². The van der Waals surface area contributed by atoms with Gasteiger partial charge in [0.1, 0.15) is 5.82 Å². The third kappa shape index (κ3) is 3.43. The molecule has 9 heteroatoms. The molecular weight excluding hydrogens is 348 g/mol. The van der Waals surface area contributed by atoms with Crippen LogP contribution in [0.5, 0.6) is 0 Å². The van der Waals surface area contributed by atoms with Gasteiger partial charge in [-0.1, -0.05) is 12.1 Å². The van der Waals surface area contributed by atoms with Gasteiger partial charge >= 0.3 is 6.03 Å². The first-order chi connectivity index (χ1) is 13.1. The lowest BCUT2D eigenvalue weighted by molar-refractivity contribution is -0.384. The van der Waals surface area contributed by atoms with Crippen molar-refractivity contribution in [2.45, 2.75) is 18.8 Å². The van der Waals surface area contributed by atoms with E-state index in [9.17, 15) is 14.9 Å². The zero-order valence-corrected chi connectivity index (χ0v) is 14.5. The van der Waals surface area contributed by atoms with Crippen LogP contribution in [-0.4, -0.2) is 43.5 Å². The largest absolute Gasteiger partial charge is 0.324 e. The third-order valence-electron chi connectivity index (χ3n) is 4.72. The van der Waals surface area contributed by atoms with Gasteiger partial charge < -0.3 is 10.2 Å². The molecule has 3 heterocycles. The summed E-state index contributed by atoms with van der Waals surface area (Å²) in [7, 11) is 0. The van der Waals surface area contributed by atoms with Gasteiger partial charge in [0.2, 0.25) is 0 Å². The van der Waals surface area contributed by atoms with Crippen molar-refractivity contribution in [2.75, 3.05) is 18.4 Å². The molecule has 27 heavy (non-hydrogen) atoms. The molecular formula is C18H18N6O3. The van der Waals surface area contributed by atoms with Crippen LogP contribution in [-0.2, 0) is 0 Å². The Balaban J connectivity index is 1.49. The second-order valence-corrected chi connectivity index (χ2v) is 6.51. The lowest BCUT2D eigenvalue weighted by Crippen LogP contribution is -2.42. The van der Waals surface area contributed by atoms with Gasteiger partial charge in [0, 0.05) is 43.0 Å². The van der Waals surface area contributed by atoms with E-state index in [1.165, 1.54) is 12.1 Å². The Bertz CT molecular complexity index is 1000. The number of likely N-dealkylation sites (tertiary alicyclic amines) is 1. The summed E-state index contributed by atoms with van der Waals surface area (Å²) < 4.78 is 1.95. The lowest BCUT2D eigenvalue weighted by atomic mass is 9.97. The van der Waals surface area contributed by atoms with Crippen molar-refractivity contribution in [3.8, 4) is 0 Å². The van der Waals surface area contributed by atoms with E-state index >= 15 is 0 Å². The van der Waals surface area contributed by atoms with Crippen LogP contribution in [0.15, 0.2) is 48.7 Å². The Morgan fingerprint density at radius 1 is 1.22 bits per heavy atom. The number of hydrogen-bond donors (Lipinski definition) is 1. The Morgan fingerprint density at radius 2 is 2.11 bits per heavy atom. The van der Waals surface area contributed by atoms with Crippen molar-refractivity contribution in [2.24, 2.45) is 0 Å². The minimum absolute atomic E-state index is 0.0562. The summed E-state index contributed by atoms with van der Waals surface area (Å²) in [6.07, 6.45) is 3.71. The first-order valence-electron chi connectivity index (χ1n) is 8.72. The summed E-state index contributed by atoms with van der Waals surface area (Å²) in [5, 5.41) is 22.1. The smallest absolute Gasteiger partial charge is 0.321 e. The average molecular weight is 366 g/mol. The molecule has 0 radical (unpaired) electrons. The van der Waals surface area contributed by atoms with E-state index in [1.54, 1.807) is 17.0 Å². The second kappa shape index (κ2) is 7.02. The van der Waals surface area contributed by atoms with E-state index in [1.807, 2.05) is 28.8 Å². The van der Waals surface area contributed by atoms with E-state index in [2.05, 4.69) is 15.5 Å². The predicted octanol–water partition coefficient (Wildman–Crippen LogP) is 3.05. The predicted molar refractivity (Wildman–Crippen MR) is 98.7 cm³/mol. The maximum Gasteiger partial charge on any atom is 0.321 e. The highest BCUT2D eigenvalue weighted by molar-refractivity contribution is 5.89. The number of rotatable bonds is 3. The van der Waals surface area contributed by atoms with Gasteiger partial charge in [-0.15, -0.1) is 10.2 Å². The van der Waals surface area contributed by atoms with Crippen LogP contribution in [0.25, 0.3) is 5.65 Å². The highest BCUT2D eigenvalue weighted by Crippen LogP contribution is 2.27. The molecule has 9 nitrogen and oxygen atoms in total. The van der Waals surface area contributed by atoms with Crippen LogP contribution >= 0.6 is 0 Å². The number of carbonyl (C=O) groups is 1. The van der Waals surface area contributed by atoms with Crippen molar-refractivity contribution < 1.29 is 9.72 Å². The monoisotopic (exact) mass is 366 g/mol. The minimum Gasteiger partial charge on any atom is -0.324 e. The Kier molecular flexibility index (Phi) is 4.41. The van der Waals surface area contributed by atoms with Crippen LogP contribution in [0.1, 0.15) is 24.6 Å². The fourth-order valence-electron chi connectivity index (χ4n) is 3.41. The van der Waals surface area contributed by atoms with Crippen molar-refractivity contribution in [3.63, 3.8) is 0 Å². The second-order valence-electron chi connectivity index (χ2n) is 6.51. The van der Waals surface area contributed by atoms with Crippen LogP contribution in [0.4, 0.5) is 16.2 Å². The molecule has 1 N–H and O–H groups in total. The van der Waals surface area contributed by atoms with Crippen molar-refractivity contribution in [1.82, 2.24) is 19.5 Å². The molecule has 0 bridgehead atoms. The first kappa shape index (κ1) is 17.0. The van der Waals surface area contributed by atoms with Crippen LogP contribution < -0.4 is 5.32 Å². The number of carbonyl (C=O) groups excluding carboxylic acids is 1. The number of nitro groups is 1. The molecule has 1 aromatic carbocycles. The molecule has 1 saturated heterocycles. The molecule has 0 aliphatic carbocycles. The third-order valence-corrected chi connectivity index (χ3v) is 4.72. The zero-order valence-electron chi connectivity index (χ0n) is 14.5. The number of piperidine rings is 1. The topological polar surface area (TPSA) is 106 Å². The maximum absolute atomic E-state index is 12.6. The number of nitro benzene ring substituents is 1. The first-order valence-corrected chi connectivity index (χ1v) is 8.72. The lowest BCUT2D eigenvalue weighted by Gasteiger charge is -2.32. The normalized spacial score (nSPS) is 17.0. The number of benzene rings is 1. The number of anilines is 1. The Morgan fingerprint density at radius 3 is 2.96 bits per heavy atom. The number of urea groups is 1. The molecule has 1 aliphatic heterocycles. The van der Waals surface area contributed by atoms with Gasteiger partial charge in [-0.3, -0.25) is 14.5 Å². The number of non-ortho nitro benzene ring substituents is 1. The standard InChI is InChI=1S/C18H18N6O3/c25-18(19-14-6-3-7-15(11-14)24(26)27)22-9-4-5-13(12-22)17-21-20-16-8-1-2-10-23(16)17/h1-3,6-8,10-11,13H,4-5,9,12H2,(H,19,25)/t13-/m1/s1. The van der Waals surface area contributed by atoms with E-state index in [0.29, 0.717) is 18.8 Å². The fourth-order valence-corrected chi connectivity index (χ4v) is 3.41. The summed E-state index contributed by atoms with van der Waals surface area (Å²) in [5.74, 6) is 0.936. The van der Waals surface area contributed by atoms with Gasteiger partial charge in [0.05, 0.1) is 4.92 Å². The van der Waals surface area contributed by atoms with Crippen molar-refractivity contribution in [3.05, 3.63) is 64.6 Å². The summed E-state index contributed by atoms with van der Waals surface area (Å²) in [6, 6.07) is 11.4. The van der Waals surface area contributed by atoms with Gasteiger partial charge in [0.25, 0.3) is 5.69 Å². The Labute approximate surface area is 154 Å². The molecule has 2 amide bonds. The summed E-state index contributed by atoms with van der Waals surface area (Å²) in [6.45, 7) is 1.16. The molecule has 3 aromatic rings. The number of nitrogens with one attached hydrogen (secondary N) is 1. The number of amides is 2. The number of pyridine rings is 1. The summed E-state index contributed by atoms with van der Waals surface area (Å²) in [5.41, 5.74) is 1.13. The number of hydrogen-bond acceptors (Lipinski definition) is 5. The minimum atomic E-state index is -0.483. The fraction of sp³-hybridized carbons (Fsp3) is 0.278. The maximum atomic E-state index is 12.6.